The van der Waals surface area contributed by atoms with E-state index in [4.69, 9.17) is 4.74 Å². The van der Waals surface area contributed by atoms with Crippen LogP contribution < -0.4 is 4.72 Å². The lowest BCUT2D eigenvalue weighted by molar-refractivity contribution is -0.135. The minimum absolute atomic E-state index is 0.185. The van der Waals surface area contributed by atoms with Crippen molar-refractivity contribution in [2.75, 3.05) is 30.7 Å². The van der Waals surface area contributed by atoms with E-state index in [0.29, 0.717) is 13.1 Å². The van der Waals surface area contributed by atoms with Crippen LogP contribution in [0.15, 0.2) is 24.3 Å². The first-order valence-electron chi connectivity index (χ1n) is 7.38. The average molecular weight is 340 g/mol. The molecule has 1 N–H and O–H groups in total. The molecule has 0 saturated carbocycles. The van der Waals surface area contributed by atoms with E-state index in [2.05, 4.69) is 4.72 Å². The third-order valence-electron chi connectivity index (χ3n) is 3.44. The molecule has 0 atom stereocenters. The summed E-state index contributed by atoms with van der Waals surface area (Å²) in [5.41, 5.74) is 0.453. The van der Waals surface area contributed by atoms with Crippen LogP contribution in [-0.2, 0) is 19.6 Å². The number of likely N-dealkylation sites (tertiary alicyclic amines) is 1. The summed E-state index contributed by atoms with van der Waals surface area (Å²) in [7, 11) is -3.42. The Balaban J connectivity index is 1.92. The van der Waals surface area contributed by atoms with Gasteiger partial charge in [-0.1, -0.05) is 6.07 Å². The van der Waals surface area contributed by atoms with Gasteiger partial charge in [0.2, 0.25) is 10.0 Å². The van der Waals surface area contributed by atoms with Crippen LogP contribution in [0.3, 0.4) is 0 Å². The third-order valence-corrected chi connectivity index (χ3v) is 4.04. The first-order valence-corrected chi connectivity index (χ1v) is 9.27. The molecule has 126 valence electrons. The molecule has 7 nitrogen and oxygen atoms in total. The fourth-order valence-electron chi connectivity index (χ4n) is 2.37. The van der Waals surface area contributed by atoms with Crippen molar-refractivity contribution in [1.29, 1.82) is 0 Å². The molecule has 0 aromatic heterocycles. The van der Waals surface area contributed by atoms with Gasteiger partial charge in [0.25, 0.3) is 5.91 Å². The maximum absolute atomic E-state index is 12.0. The summed E-state index contributed by atoms with van der Waals surface area (Å²) in [4.78, 5) is 25.6. The van der Waals surface area contributed by atoms with Crippen LogP contribution in [0.1, 0.15) is 29.6 Å². The molecule has 1 saturated heterocycles. The van der Waals surface area contributed by atoms with Gasteiger partial charge in [-0.15, -0.1) is 0 Å². The van der Waals surface area contributed by atoms with Crippen molar-refractivity contribution in [3.05, 3.63) is 29.8 Å². The summed E-state index contributed by atoms with van der Waals surface area (Å²) in [6.07, 6.45) is 4.08. The normalized spacial score (nSPS) is 15.1. The molecule has 0 unspecified atom stereocenters. The first-order chi connectivity index (χ1) is 10.8. The number of amides is 1. The van der Waals surface area contributed by atoms with Crippen molar-refractivity contribution in [2.45, 2.75) is 19.3 Å². The van der Waals surface area contributed by atoms with Crippen molar-refractivity contribution in [3.63, 3.8) is 0 Å². The van der Waals surface area contributed by atoms with E-state index < -0.39 is 16.0 Å². The van der Waals surface area contributed by atoms with E-state index in [1.807, 2.05) is 0 Å². The largest absolute Gasteiger partial charge is 0.452 e. The minimum atomic E-state index is -3.42. The molecule has 23 heavy (non-hydrogen) atoms. The second kappa shape index (κ2) is 7.45. The van der Waals surface area contributed by atoms with Gasteiger partial charge in [-0.25, -0.2) is 13.2 Å². The minimum Gasteiger partial charge on any atom is -0.452 e. The van der Waals surface area contributed by atoms with Gasteiger partial charge in [-0.05, 0) is 37.5 Å². The maximum Gasteiger partial charge on any atom is 0.338 e. The Bertz CT molecular complexity index is 681. The molecule has 0 aliphatic carbocycles. The zero-order valence-electron chi connectivity index (χ0n) is 12.9. The number of nitrogens with zero attached hydrogens (tertiary/aromatic N) is 1. The predicted octanol–water partition coefficient (Wildman–Crippen LogP) is 1.23. The van der Waals surface area contributed by atoms with Crippen LogP contribution in [0, 0.1) is 0 Å². The average Bonchev–Trinajstić information content (AvgIpc) is 2.51. The summed E-state index contributed by atoms with van der Waals surface area (Å²) in [5, 5.41) is 0. The molecule has 1 aromatic rings. The van der Waals surface area contributed by atoms with Crippen LogP contribution in [-0.4, -0.2) is 51.1 Å². The van der Waals surface area contributed by atoms with E-state index in [0.717, 1.165) is 25.5 Å². The maximum atomic E-state index is 12.0. The highest BCUT2D eigenvalue weighted by molar-refractivity contribution is 7.92. The molecule has 0 spiro atoms. The highest BCUT2D eigenvalue weighted by atomic mass is 32.2. The highest BCUT2D eigenvalue weighted by Crippen LogP contribution is 2.13. The van der Waals surface area contributed by atoms with Crippen molar-refractivity contribution in [2.24, 2.45) is 0 Å². The van der Waals surface area contributed by atoms with Gasteiger partial charge in [0.1, 0.15) is 0 Å². The predicted molar refractivity (Wildman–Crippen MR) is 85.6 cm³/mol. The Morgan fingerprint density at radius 2 is 1.91 bits per heavy atom. The first kappa shape index (κ1) is 17.3. The Hall–Kier alpha value is -2.09. The number of hydrogen-bond donors (Lipinski definition) is 1. The van der Waals surface area contributed by atoms with Gasteiger partial charge in [0.15, 0.2) is 6.61 Å². The lowest BCUT2D eigenvalue weighted by Crippen LogP contribution is -2.38. The fourth-order valence-corrected chi connectivity index (χ4v) is 2.92. The smallest absolute Gasteiger partial charge is 0.338 e. The summed E-state index contributed by atoms with van der Waals surface area (Å²) >= 11 is 0. The second-order valence-corrected chi connectivity index (χ2v) is 7.22. The summed E-state index contributed by atoms with van der Waals surface area (Å²) < 4.78 is 29.7. The molecule has 2 rings (SSSR count). The van der Waals surface area contributed by atoms with Gasteiger partial charge < -0.3 is 9.64 Å². The Labute approximate surface area is 135 Å². The number of sulfonamides is 1. The van der Waals surface area contributed by atoms with Crippen LogP contribution in [0.5, 0.6) is 0 Å². The van der Waals surface area contributed by atoms with Crippen LogP contribution in [0.4, 0.5) is 5.69 Å². The molecule has 1 aromatic carbocycles. The highest BCUT2D eigenvalue weighted by Gasteiger charge is 2.18. The van der Waals surface area contributed by atoms with E-state index in [1.165, 1.54) is 24.3 Å². The fraction of sp³-hybridized carbons (Fsp3) is 0.467. The summed E-state index contributed by atoms with van der Waals surface area (Å²) in [6, 6.07) is 5.93. The summed E-state index contributed by atoms with van der Waals surface area (Å²) in [5.74, 6) is -0.865. The monoisotopic (exact) mass is 340 g/mol. The lowest BCUT2D eigenvalue weighted by atomic mass is 10.1. The van der Waals surface area contributed by atoms with Gasteiger partial charge in [-0.3, -0.25) is 9.52 Å². The summed E-state index contributed by atoms with van der Waals surface area (Å²) in [6.45, 7) is 1.09. The topological polar surface area (TPSA) is 92.8 Å². The van der Waals surface area contributed by atoms with Gasteiger partial charge >= 0.3 is 5.97 Å². The number of esters is 1. The molecule has 1 fully saturated rings. The lowest BCUT2D eigenvalue weighted by Gasteiger charge is -2.26. The Morgan fingerprint density at radius 1 is 1.22 bits per heavy atom. The number of ether oxygens (including phenoxy) is 1. The van der Waals surface area contributed by atoms with Crippen molar-refractivity contribution in [3.8, 4) is 0 Å². The van der Waals surface area contributed by atoms with E-state index in [9.17, 15) is 18.0 Å². The number of carbonyl (C=O) groups is 2. The van der Waals surface area contributed by atoms with Gasteiger partial charge in [0, 0.05) is 18.8 Å². The van der Waals surface area contributed by atoms with Crippen LogP contribution in [0.2, 0.25) is 0 Å². The number of anilines is 1. The van der Waals surface area contributed by atoms with E-state index >= 15 is 0 Å². The zero-order valence-corrected chi connectivity index (χ0v) is 13.8. The number of piperidine rings is 1. The van der Waals surface area contributed by atoms with Gasteiger partial charge in [0.05, 0.1) is 11.8 Å². The Morgan fingerprint density at radius 3 is 2.57 bits per heavy atom. The SMILES string of the molecule is CS(=O)(=O)Nc1cccc(C(=O)OCC(=O)N2CCCCC2)c1. The van der Waals surface area contributed by atoms with Gasteiger partial charge in [-0.2, -0.15) is 0 Å². The molecule has 1 amide bonds. The number of nitrogens with one attached hydrogen (secondary N) is 1. The molecule has 1 aliphatic rings. The molecule has 0 radical (unpaired) electrons. The zero-order chi connectivity index (χ0) is 16.9. The number of benzene rings is 1. The number of carbonyl (C=O) groups excluding carboxylic acids is 2. The van der Waals surface area contributed by atoms with E-state index in [1.54, 1.807) is 4.90 Å². The number of hydrogen-bond acceptors (Lipinski definition) is 5. The third kappa shape index (κ3) is 5.55. The second-order valence-electron chi connectivity index (χ2n) is 5.47. The quantitative estimate of drug-likeness (QED) is 0.814. The molecule has 8 heteroatoms. The number of rotatable bonds is 5. The molecule has 1 aliphatic heterocycles. The molecule has 0 bridgehead atoms. The van der Waals surface area contributed by atoms with Crippen molar-refractivity contribution >= 4 is 27.6 Å². The van der Waals surface area contributed by atoms with Crippen LogP contribution >= 0.6 is 0 Å². The van der Waals surface area contributed by atoms with E-state index in [-0.39, 0.29) is 23.8 Å². The van der Waals surface area contributed by atoms with Crippen molar-refractivity contribution in [1.82, 2.24) is 4.90 Å². The van der Waals surface area contributed by atoms with Crippen molar-refractivity contribution < 1.29 is 22.7 Å². The molecular weight excluding hydrogens is 320 g/mol. The molecular formula is C15H20N2O5S. The standard InChI is InChI=1S/C15H20N2O5S/c1-23(20,21)16-13-7-5-6-12(10-13)15(19)22-11-14(18)17-8-3-2-4-9-17/h5-7,10,16H,2-4,8-9,11H2,1H3. The Kier molecular flexibility index (Phi) is 5.59. The molecule has 1 heterocycles. The van der Waals surface area contributed by atoms with Crippen LogP contribution in [0.25, 0.3) is 0 Å².